The van der Waals surface area contributed by atoms with E-state index in [1.807, 2.05) is 12.1 Å². The molecule has 0 radical (unpaired) electrons. The van der Waals surface area contributed by atoms with Gasteiger partial charge in [0.2, 0.25) is 0 Å². The summed E-state index contributed by atoms with van der Waals surface area (Å²) in [7, 11) is 3.21. The summed E-state index contributed by atoms with van der Waals surface area (Å²) < 4.78 is 10.6. The van der Waals surface area contributed by atoms with Crippen LogP contribution in [-0.2, 0) is 0 Å². The van der Waals surface area contributed by atoms with Crippen LogP contribution < -0.4 is 14.4 Å². The Kier molecular flexibility index (Phi) is 3.31. The van der Waals surface area contributed by atoms with Crippen molar-refractivity contribution in [1.29, 1.82) is 0 Å². The number of aliphatic hydroxyl groups excluding tert-OH is 1. The number of benzene rings is 1. The molecule has 0 spiro atoms. The summed E-state index contributed by atoms with van der Waals surface area (Å²) in [4.78, 5) is 10.8. The molecule has 1 fully saturated rings. The Balaban J connectivity index is 2.05. The molecule has 1 N–H and O–H groups in total. The zero-order valence-corrected chi connectivity index (χ0v) is 11.5. The summed E-state index contributed by atoms with van der Waals surface area (Å²) in [5, 5.41) is 10.1. The Morgan fingerprint density at radius 3 is 2.55 bits per heavy atom. The SMILES string of the molecule is COc1cc2ncnc(N3CC(CO)C3)c2cc1OC. The first-order chi connectivity index (χ1) is 9.76. The maximum absolute atomic E-state index is 9.12. The van der Waals surface area contributed by atoms with Crippen LogP contribution in [0.25, 0.3) is 10.9 Å². The fourth-order valence-electron chi connectivity index (χ4n) is 2.48. The molecule has 6 nitrogen and oxygen atoms in total. The molecule has 0 unspecified atom stereocenters. The van der Waals surface area contributed by atoms with Crippen LogP contribution in [0.4, 0.5) is 5.82 Å². The minimum absolute atomic E-state index is 0.219. The number of aromatic nitrogens is 2. The normalized spacial score (nSPS) is 15.2. The van der Waals surface area contributed by atoms with E-state index >= 15 is 0 Å². The first-order valence-corrected chi connectivity index (χ1v) is 6.49. The van der Waals surface area contributed by atoms with Crippen molar-refractivity contribution >= 4 is 16.7 Å². The van der Waals surface area contributed by atoms with Crippen molar-refractivity contribution in [2.75, 3.05) is 38.8 Å². The van der Waals surface area contributed by atoms with Crippen LogP contribution in [-0.4, -0.2) is 49.0 Å². The zero-order chi connectivity index (χ0) is 14.1. The first kappa shape index (κ1) is 12.9. The fraction of sp³-hybridized carbons (Fsp3) is 0.429. The summed E-state index contributed by atoms with van der Waals surface area (Å²) in [6, 6.07) is 3.75. The highest BCUT2D eigenvalue weighted by molar-refractivity contribution is 5.92. The average Bonchev–Trinajstić information content (AvgIpc) is 2.44. The molecule has 1 aromatic carbocycles. The highest BCUT2D eigenvalue weighted by Crippen LogP contribution is 2.36. The van der Waals surface area contributed by atoms with Gasteiger partial charge in [-0.1, -0.05) is 0 Å². The summed E-state index contributed by atoms with van der Waals surface area (Å²) >= 11 is 0. The maximum Gasteiger partial charge on any atom is 0.162 e. The van der Waals surface area contributed by atoms with Gasteiger partial charge in [0.15, 0.2) is 11.5 Å². The number of fused-ring (bicyclic) bond motifs is 1. The lowest BCUT2D eigenvalue weighted by Gasteiger charge is -2.39. The summed E-state index contributed by atoms with van der Waals surface area (Å²) in [6.07, 6.45) is 1.55. The molecular weight excluding hydrogens is 258 g/mol. The molecule has 0 bridgehead atoms. The third-order valence-electron chi connectivity index (χ3n) is 3.63. The van der Waals surface area contributed by atoms with E-state index in [2.05, 4.69) is 14.9 Å². The van der Waals surface area contributed by atoms with Crippen molar-refractivity contribution in [3.63, 3.8) is 0 Å². The van der Waals surface area contributed by atoms with Gasteiger partial charge in [0.25, 0.3) is 0 Å². The highest BCUT2D eigenvalue weighted by Gasteiger charge is 2.28. The van der Waals surface area contributed by atoms with Crippen LogP contribution in [0.1, 0.15) is 0 Å². The van der Waals surface area contributed by atoms with Gasteiger partial charge in [0.05, 0.1) is 19.7 Å². The average molecular weight is 275 g/mol. The van der Waals surface area contributed by atoms with Gasteiger partial charge in [0, 0.05) is 37.1 Å². The highest BCUT2D eigenvalue weighted by atomic mass is 16.5. The Labute approximate surface area is 117 Å². The second-order valence-electron chi connectivity index (χ2n) is 4.88. The van der Waals surface area contributed by atoms with E-state index in [4.69, 9.17) is 14.6 Å². The summed E-state index contributed by atoms with van der Waals surface area (Å²) in [5.41, 5.74) is 0.820. The molecule has 0 aliphatic carbocycles. The van der Waals surface area contributed by atoms with Crippen LogP contribution in [0.5, 0.6) is 11.5 Å². The third-order valence-corrected chi connectivity index (χ3v) is 3.63. The van der Waals surface area contributed by atoms with Crippen molar-refractivity contribution in [3.05, 3.63) is 18.5 Å². The van der Waals surface area contributed by atoms with E-state index in [0.29, 0.717) is 17.4 Å². The minimum Gasteiger partial charge on any atom is -0.493 e. The number of aliphatic hydroxyl groups is 1. The molecule has 1 aromatic heterocycles. The van der Waals surface area contributed by atoms with E-state index in [0.717, 1.165) is 29.8 Å². The summed E-state index contributed by atoms with van der Waals surface area (Å²) in [6.45, 7) is 1.85. The monoisotopic (exact) mass is 275 g/mol. The number of nitrogens with zero attached hydrogens (tertiary/aromatic N) is 3. The molecule has 1 aliphatic heterocycles. The van der Waals surface area contributed by atoms with E-state index in [1.54, 1.807) is 20.5 Å². The van der Waals surface area contributed by atoms with Crippen LogP contribution in [0, 0.1) is 5.92 Å². The van der Waals surface area contributed by atoms with Gasteiger partial charge in [-0.3, -0.25) is 0 Å². The van der Waals surface area contributed by atoms with Gasteiger partial charge in [-0.15, -0.1) is 0 Å². The van der Waals surface area contributed by atoms with E-state index in [-0.39, 0.29) is 6.61 Å². The lowest BCUT2D eigenvalue weighted by atomic mass is 10.0. The van der Waals surface area contributed by atoms with E-state index in [9.17, 15) is 0 Å². The molecule has 2 aromatic rings. The lowest BCUT2D eigenvalue weighted by Crippen LogP contribution is -2.48. The smallest absolute Gasteiger partial charge is 0.162 e. The van der Waals surface area contributed by atoms with E-state index in [1.165, 1.54) is 0 Å². The zero-order valence-electron chi connectivity index (χ0n) is 11.5. The third kappa shape index (κ3) is 2.02. The minimum atomic E-state index is 0.219. The van der Waals surface area contributed by atoms with Crippen LogP contribution >= 0.6 is 0 Å². The van der Waals surface area contributed by atoms with Crippen molar-refractivity contribution in [2.45, 2.75) is 0 Å². The van der Waals surface area contributed by atoms with Crippen molar-refractivity contribution in [2.24, 2.45) is 5.92 Å². The second kappa shape index (κ2) is 5.13. The maximum atomic E-state index is 9.12. The number of hydrogen-bond acceptors (Lipinski definition) is 6. The number of ether oxygens (including phenoxy) is 2. The number of rotatable bonds is 4. The van der Waals surface area contributed by atoms with Crippen LogP contribution in [0.3, 0.4) is 0 Å². The lowest BCUT2D eigenvalue weighted by molar-refractivity contribution is 0.200. The van der Waals surface area contributed by atoms with Crippen LogP contribution in [0.2, 0.25) is 0 Å². The molecule has 2 heterocycles. The Hall–Kier alpha value is -2.08. The van der Waals surface area contributed by atoms with Gasteiger partial charge in [-0.05, 0) is 6.07 Å². The van der Waals surface area contributed by atoms with E-state index < -0.39 is 0 Å². The van der Waals surface area contributed by atoms with Gasteiger partial charge in [-0.2, -0.15) is 0 Å². The molecule has 0 saturated carbocycles. The molecule has 6 heteroatoms. The molecule has 1 saturated heterocycles. The Bertz CT molecular complexity index is 626. The standard InChI is InChI=1S/C14H17N3O3/c1-19-12-3-10-11(4-13(12)20-2)15-8-16-14(10)17-5-9(6-17)7-18/h3-4,8-9,18H,5-7H2,1-2H3. The van der Waals surface area contributed by atoms with Crippen molar-refractivity contribution < 1.29 is 14.6 Å². The first-order valence-electron chi connectivity index (χ1n) is 6.49. The second-order valence-corrected chi connectivity index (χ2v) is 4.88. The molecular formula is C14H17N3O3. The summed E-state index contributed by atoms with van der Waals surface area (Å²) in [5.74, 6) is 2.53. The van der Waals surface area contributed by atoms with Gasteiger partial charge < -0.3 is 19.5 Å². The fourth-order valence-corrected chi connectivity index (χ4v) is 2.48. The van der Waals surface area contributed by atoms with Crippen molar-refractivity contribution in [1.82, 2.24) is 9.97 Å². The largest absolute Gasteiger partial charge is 0.493 e. The predicted octanol–water partition coefficient (Wildman–Crippen LogP) is 1.08. The molecule has 3 rings (SSSR count). The molecule has 0 amide bonds. The van der Waals surface area contributed by atoms with Gasteiger partial charge >= 0.3 is 0 Å². The van der Waals surface area contributed by atoms with Crippen molar-refractivity contribution in [3.8, 4) is 11.5 Å². The molecule has 20 heavy (non-hydrogen) atoms. The number of anilines is 1. The predicted molar refractivity (Wildman–Crippen MR) is 75.4 cm³/mol. The topological polar surface area (TPSA) is 67.7 Å². The van der Waals surface area contributed by atoms with Crippen LogP contribution in [0.15, 0.2) is 18.5 Å². The quantitative estimate of drug-likeness (QED) is 0.900. The molecule has 106 valence electrons. The van der Waals surface area contributed by atoms with Gasteiger partial charge in [-0.25, -0.2) is 9.97 Å². The molecule has 1 aliphatic rings. The van der Waals surface area contributed by atoms with Gasteiger partial charge in [0.1, 0.15) is 12.1 Å². The number of methoxy groups -OCH3 is 2. The Morgan fingerprint density at radius 2 is 1.90 bits per heavy atom. The molecule has 0 atom stereocenters. The number of hydrogen-bond donors (Lipinski definition) is 1. The Morgan fingerprint density at radius 1 is 1.20 bits per heavy atom.